The molecule has 22 heavy (non-hydrogen) atoms. The van der Waals surface area contributed by atoms with Crippen LogP contribution in [0.4, 0.5) is 0 Å². The summed E-state index contributed by atoms with van der Waals surface area (Å²) in [5, 5.41) is 2.44. The zero-order chi connectivity index (χ0) is 16.4. The summed E-state index contributed by atoms with van der Waals surface area (Å²) in [6.07, 6.45) is 0.198. The van der Waals surface area contributed by atoms with E-state index in [1.807, 2.05) is 6.92 Å². The highest BCUT2D eigenvalue weighted by Crippen LogP contribution is 2.16. The van der Waals surface area contributed by atoms with Gasteiger partial charge in [0.1, 0.15) is 5.75 Å². The number of ether oxygens (including phenoxy) is 2. The lowest BCUT2D eigenvalue weighted by atomic mass is 10.2. The molecule has 8 heteroatoms. The summed E-state index contributed by atoms with van der Waals surface area (Å²) in [4.78, 5) is 23.5. The lowest BCUT2D eigenvalue weighted by molar-refractivity contribution is -0.122. The third-order valence-electron chi connectivity index (χ3n) is 2.57. The standard InChI is InChI=1S/C14H19N3O4S/c1-3-21-9-8-12(18)16-17-14(22)15-13(19)10-6-4-5-7-11(10)20-2/h4-7H,3,8-9H2,1-2H3,(H,16,18)(H2,15,17,19,22). The van der Waals surface area contributed by atoms with Crippen molar-refractivity contribution in [1.29, 1.82) is 0 Å². The number of methoxy groups -OCH3 is 1. The van der Waals surface area contributed by atoms with E-state index in [1.54, 1.807) is 24.3 Å². The Labute approximate surface area is 134 Å². The first-order valence-electron chi connectivity index (χ1n) is 6.69. The molecule has 0 atom stereocenters. The van der Waals surface area contributed by atoms with Crippen LogP contribution in [0.25, 0.3) is 0 Å². The van der Waals surface area contributed by atoms with Crippen LogP contribution in [-0.4, -0.2) is 37.3 Å². The van der Waals surface area contributed by atoms with Crippen molar-refractivity contribution in [2.45, 2.75) is 13.3 Å². The van der Waals surface area contributed by atoms with Crippen molar-refractivity contribution in [2.75, 3.05) is 20.3 Å². The van der Waals surface area contributed by atoms with Crippen LogP contribution in [-0.2, 0) is 9.53 Å². The maximum Gasteiger partial charge on any atom is 0.261 e. The molecule has 120 valence electrons. The van der Waals surface area contributed by atoms with Gasteiger partial charge in [0.15, 0.2) is 5.11 Å². The minimum absolute atomic E-state index is 0.0133. The van der Waals surface area contributed by atoms with Crippen LogP contribution >= 0.6 is 12.2 Å². The first-order valence-corrected chi connectivity index (χ1v) is 7.10. The number of amides is 2. The number of carbonyl (C=O) groups excluding carboxylic acids is 2. The minimum Gasteiger partial charge on any atom is -0.496 e. The van der Waals surface area contributed by atoms with Gasteiger partial charge >= 0.3 is 0 Å². The molecule has 0 heterocycles. The molecule has 7 nitrogen and oxygen atoms in total. The van der Waals surface area contributed by atoms with Gasteiger partial charge in [-0.25, -0.2) is 0 Å². The molecule has 2 amide bonds. The van der Waals surface area contributed by atoms with Crippen molar-refractivity contribution in [2.24, 2.45) is 0 Å². The summed E-state index contributed by atoms with van der Waals surface area (Å²) in [5.41, 5.74) is 5.17. The van der Waals surface area contributed by atoms with Gasteiger partial charge in [0.25, 0.3) is 5.91 Å². The molecule has 1 rings (SSSR count). The molecule has 1 aromatic carbocycles. The van der Waals surface area contributed by atoms with E-state index >= 15 is 0 Å². The Morgan fingerprint density at radius 3 is 2.64 bits per heavy atom. The van der Waals surface area contributed by atoms with Gasteiger partial charge in [-0.05, 0) is 31.3 Å². The fraction of sp³-hybridized carbons (Fsp3) is 0.357. The van der Waals surface area contributed by atoms with Gasteiger partial charge in [-0.3, -0.25) is 25.8 Å². The zero-order valence-corrected chi connectivity index (χ0v) is 13.3. The molecule has 0 aliphatic rings. The van der Waals surface area contributed by atoms with Gasteiger partial charge in [0.05, 0.1) is 25.7 Å². The van der Waals surface area contributed by atoms with Crippen LogP contribution in [0.1, 0.15) is 23.7 Å². The van der Waals surface area contributed by atoms with Crippen molar-refractivity contribution >= 4 is 29.1 Å². The normalized spacial score (nSPS) is 9.73. The van der Waals surface area contributed by atoms with E-state index in [0.29, 0.717) is 24.5 Å². The predicted molar refractivity (Wildman–Crippen MR) is 85.4 cm³/mol. The van der Waals surface area contributed by atoms with Gasteiger partial charge < -0.3 is 9.47 Å². The van der Waals surface area contributed by atoms with Crippen LogP contribution in [0, 0.1) is 0 Å². The van der Waals surface area contributed by atoms with Crippen molar-refractivity contribution in [3.63, 3.8) is 0 Å². The highest BCUT2D eigenvalue weighted by atomic mass is 32.1. The Bertz CT molecular complexity index is 537. The Morgan fingerprint density at radius 1 is 1.23 bits per heavy atom. The van der Waals surface area contributed by atoms with E-state index in [9.17, 15) is 9.59 Å². The zero-order valence-electron chi connectivity index (χ0n) is 12.5. The van der Waals surface area contributed by atoms with Gasteiger partial charge in [-0.15, -0.1) is 0 Å². The Kier molecular flexibility index (Phi) is 7.87. The maximum atomic E-state index is 12.0. The van der Waals surface area contributed by atoms with E-state index in [4.69, 9.17) is 21.7 Å². The Morgan fingerprint density at radius 2 is 1.95 bits per heavy atom. The highest BCUT2D eigenvalue weighted by Gasteiger charge is 2.12. The number of carbonyl (C=O) groups is 2. The smallest absolute Gasteiger partial charge is 0.261 e. The molecule has 0 aromatic heterocycles. The second-order valence-electron chi connectivity index (χ2n) is 4.10. The summed E-state index contributed by atoms with van der Waals surface area (Å²) < 4.78 is 10.1. The SMILES string of the molecule is CCOCCC(=O)NNC(=S)NC(=O)c1ccccc1OC. The molecule has 0 fully saturated rings. The molecular weight excluding hydrogens is 306 g/mol. The number of hydrazine groups is 1. The van der Waals surface area contributed by atoms with Crippen LogP contribution in [0.5, 0.6) is 5.75 Å². The van der Waals surface area contributed by atoms with Crippen molar-refractivity contribution in [1.82, 2.24) is 16.2 Å². The van der Waals surface area contributed by atoms with E-state index in [2.05, 4.69) is 16.2 Å². The van der Waals surface area contributed by atoms with Crippen molar-refractivity contribution in [3.05, 3.63) is 29.8 Å². The Hall–Kier alpha value is -2.19. The molecule has 1 aromatic rings. The third-order valence-corrected chi connectivity index (χ3v) is 2.78. The average Bonchev–Trinajstić information content (AvgIpc) is 2.53. The minimum atomic E-state index is -0.432. The number of benzene rings is 1. The van der Waals surface area contributed by atoms with Gasteiger partial charge in [0, 0.05) is 6.61 Å². The molecule has 0 saturated heterocycles. The maximum absolute atomic E-state index is 12.0. The third kappa shape index (κ3) is 6.06. The van der Waals surface area contributed by atoms with Crippen molar-refractivity contribution in [3.8, 4) is 5.75 Å². The average molecular weight is 325 g/mol. The second kappa shape index (κ2) is 9.69. The summed E-state index contributed by atoms with van der Waals surface area (Å²) in [5.74, 6) is -0.288. The molecule has 0 unspecified atom stereocenters. The van der Waals surface area contributed by atoms with E-state index in [0.717, 1.165) is 0 Å². The number of thiocarbonyl (C=S) groups is 1. The number of hydrogen-bond acceptors (Lipinski definition) is 5. The molecular formula is C14H19N3O4S. The van der Waals surface area contributed by atoms with E-state index in [1.165, 1.54) is 7.11 Å². The van der Waals surface area contributed by atoms with E-state index in [-0.39, 0.29) is 17.4 Å². The molecule has 0 bridgehead atoms. The lowest BCUT2D eigenvalue weighted by Crippen LogP contribution is -2.48. The quantitative estimate of drug-likeness (QED) is 0.406. The number of rotatable bonds is 6. The van der Waals surface area contributed by atoms with Crippen LogP contribution < -0.4 is 20.9 Å². The van der Waals surface area contributed by atoms with Crippen LogP contribution in [0.15, 0.2) is 24.3 Å². The molecule has 0 radical (unpaired) electrons. The van der Waals surface area contributed by atoms with Crippen LogP contribution in [0.2, 0.25) is 0 Å². The summed E-state index contributed by atoms with van der Waals surface area (Å²) >= 11 is 4.93. The number of nitrogens with one attached hydrogen (secondary N) is 3. The largest absolute Gasteiger partial charge is 0.496 e. The molecule has 0 spiro atoms. The van der Waals surface area contributed by atoms with Crippen molar-refractivity contribution < 1.29 is 19.1 Å². The predicted octanol–water partition coefficient (Wildman–Crippen LogP) is 0.757. The molecule has 3 N–H and O–H groups in total. The van der Waals surface area contributed by atoms with E-state index < -0.39 is 5.91 Å². The topological polar surface area (TPSA) is 88.7 Å². The van der Waals surface area contributed by atoms with Gasteiger partial charge in [-0.2, -0.15) is 0 Å². The number of hydrogen-bond donors (Lipinski definition) is 3. The van der Waals surface area contributed by atoms with Crippen LogP contribution in [0.3, 0.4) is 0 Å². The molecule has 0 aliphatic carbocycles. The molecule has 0 saturated carbocycles. The van der Waals surface area contributed by atoms with Gasteiger partial charge in [0.2, 0.25) is 5.91 Å². The highest BCUT2D eigenvalue weighted by molar-refractivity contribution is 7.80. The summed E-state index contributed by atoms with van der Waals surface area (Å²) in [6, 6.07) is 6.74. The monoisotopic (exact) mass is 325 g/mol. The second-order valence-corrected chi connectivity index (χ2v) is 4.51. The fourth-order valence-corrected chi connectivity index (χ4v) is 1.68. The first-order chi connectivity index (χ1) is 10.6. The Balaban J connectivity index is 2.41. The number of para-hydroxylation sites is 1. The molecule has 0 aliphatic heterocycles. The summed E-state index contributed by atoms with van der Waals surface area (Å²) in [7, 11) is 1.47. The first kappa shape index (κ1) is 17.9. The van der Waals surface area contributed by atoms with Gasteiger partial charge in [-0.1, -0.05) is 12.1 Å². The fourth-order valence-electron chi connectivity index (χ4n) is 1.53. The lowest BCUT2D eigenvalue weighted by Gasteiger charge is -2.12. The summed E-state index contributed by atoms with van der Waals surface area (Å²) in [6.45, 7) is 2.72.